The third-order valence-corrected chi connectivity index (χ3v) is 4.06. The van der Waals surface area contributed by atoms with Gasteiger partial charge in [0.15, 0.2) is 6.79 Å². The summed E-state index contributed by atoms with van der Waals surface area (Å²) in [6.07, 6.45) is 0. The normalized spacial score (nSPS) is 11.3. The Bertz CT molecular complexity index is 386. The topological polar surface area (TPSA) is 61.6 Å². The van der Waals surface area contributed by atoms with E-state index in [9.17, 15) is 10.1 Å². The van der Waals surface area contributed by atoms with Crippen LogP contribution in [0.2, 0.25) is 25.7 Å². The smallest absolute Gasteiger partial charge is 0.269 e. The summed E-state index contributed by atoms with van der Waals surface area (Å²) in [6, 6.07) is 7.06. The van der Waals surface area contributed by atoms with Gasteiger partial charge in [-0.1, -0.05) is 19.6 Å². The fraction of sp³-hybridized carbons (Fsp3) is 0.500. The lowest BCUT2D eigenvalue weighted by Gasteiger charge is -2.15. The minimum atomic E-state index is -1.06. The van der Waals surface area contributed by atoms with E-state index >= 15 is 0 Å². The predicted octanol–water partition coefficient (Wildman–Crippen LogP) is 3.29. The number of rotatable bonds is 7. The first kappa shape index (κ1) is 14.7. The fourth-order valence-corrected chi connectivity index (χ4v) is 1.97. The quantitative estimate of drug-likeness (QED) is 0.250. The lowest BCUT2D eigenvalue weighted by Crippen LogP contribution is -2.22. The molecule has 18 heavy (non-hydrogen) atoms. The van der Waals surface area contributed by atoms with Crippen molar-refractivity contribution in [1.29, 1.82) is 0 Å². The Morgan fingerprint density at radius 1 is 1.22 bits per heavy atom. The molecule has 0 saturated carbocycles. The number of non-ortho nitro benzene ring substituents is 1. The Kier molecular flexibility index (Phi) is 5.30. The maximum atomic E-state index is 10.4. The molecule has 0 aliphatic carbocycles. The van der Waals surface area contributed by atoms with Gasteiger partial charge in [-0.2, -0.15) is 0 Å². The zero-order valence-electron chi connectivity index (χ0n) is 11.0. The molecule has 0 unspecified atom stereocenters. The van der Waals surface area contributed by atoms with Gasteiger partial charge in [-0.15, -0.1) is 0 Å². The van der Waals surface area contributed by atoms with Crippen molar-refractivity contribution < 1.29 is 14.4 Å². The van der Waals surface area contributed by atoms with Crippen LogP contribution in [0.5, 0.6) is 5.75 Å². The molecule has 0 atom stereocenters. The Hall–Kier alpha value is -1.40. The van der Waals surface area contributed by atoms with E-state index in [1.54, 1.807) is 12.1 Å². The molecular weight excluding hydrogens is 250 g/mol. The first-order chi connectivity index (χ1) is 8.38. The van der Waals surface area contributed by atoms with Crippen molar-refractivity contribution in [2.45, 2.75) is 25.7 Å². The maximum Gasteiger partial charge on any atom is 0.269 e. The van der Waals surface area contributed by atoms with Gasteiger partial charge in [-0.25, -0.2) is 0 Å². The summed E-state index contributed by atoms with van der Waals surface area (Å²) in [5, 5.41) is 10.4. The van der Waals surface area contributed by atoms with E-state index in [1.165, 1.54) is 12.1 Å². The van der Waals surface area contributed by atoms with Crippen molar-refractivity contribution >= 4 is 13.8 Å². The van der Waals surface area contributed by atoms with Crippen LogP contribution in [0.1, 0.15) is 0 Å². The van der Waals surface area contributed by atoms with Crippen LogP contribution in [0.3, 0.4) is 0 Å². The second kappa shape index (κ2) is 6.51. The molecule has 0 heterocycles. The SMILES string of the molecule is C[Si](C)(C)CCOCOc1ccc([N+](=O)[O-])cc1. The highest BCUT2D eigenvalue weighted by atomic mass is 28.3. The predicted molar refractivity (Wildman–Crippen MR) is 72.7 cm³/mol. The number of benzene rings is 1. The molecule has 0 fully saturated rings. The molecule has 0 radical (unpaired) electrons. The summed E-state index contributed by atoms with van der Waals surface area (Å²) in [5.74, 6) is 0.577. The van der Waals surface area contributed by atoms with E-state index in [-0.39, 0.29) is 12.5 Å². The molecule has 0 aliphatic rings. The molecule has 5 nitrogen and oxygen atoms in total. The van der Waals surface area contributed by atoms with Gasteiger partial charge in [0, 0.05) is 26.8 Å². The van der Waals surface area contributed by atoms with E-state index in [1.807, 2.05) is 0 Å². The second-order valence-corrected chi connectivity index (χ2v) is 10.9. The Labute approximate surface area is 108 Å². The molecule has 0 amide bonds. The van der Waals surface area contributed by atoms with E-state index in [4.69, 9.17) is 9.47 Å². The molecule has 0 aliphatic heterocycles. The van der Waals surface area contributed by atoms with E-state index in [0.717, 1.165) is 6.04 Å². The molecule has 1 rings (SSSR count). The molecule has 6 heteroatoms. The Balaban J connectivity index is 2.25. The molecule has 1 aromatic carbocycles. The van der Waals surface area contributed by atoms with E-state index in [2.05, 4.69) is 19.6 Å². The summed E-state index contributed by atoms with van der Waals surface area (Å²) >= 11 is 0. The van der Waals surface area contributed by atoms with Crippen molar-refractivity contribution in [3.8, 4) is 5.75 Å². The molecular formula is C12H19NO4Si. The average molecular weight is 269 g/mol. The first-order valence-corrected chi connectivity index (χ1v) is 9.54. The van der Waals surface area contributed by atoms with Gasteiger partial charge in [0.1, 0.15) is 5.75 Å². The number of ether oxygens (including phenoxy) is 2. The fourth-order valence-electron chi connectivity index (χ4n) is 1.21. The number of nitrogens with zero attached hydrogens (tertiary/aromatic N) is 1. The van der Waals surface area contributed by atoms with Gasteiger partial charge in [0.2, 0.25) is 0 Å². The molecule has 0 N–H and O–H groups in total. The lowest BCUT2D eigenvalue weighted by atomic mass is 10.3. The van der Waals surface area contributed by atoms with Crippen LogP contribution in [0.15, 0.2) is 24.3 Å². The first-order valence-electron chi connectivity index (χ1n) is 5.83. The summed E-state index contributed by atoms with van der Waals surface area (Å²) in [6.45, 7) is 7.74. The van der Waals surface area contributed by atoms with E-state index in [0.29, 0.717) is 12.4 Å². The number of nitro benzene ring substituents is 1. The van der Waals surface area contributed by atoms with Crippen molar-refractivity contribution in [1.82, 2.24) is 0 Å². The molecule has 1 aromatic rings. The van der Waals surface area contributed by atoms with Gasteiger partial charge in [-0.05, 0) is 18.2 Å². The van der Waals surface area contributed by atoms with Crippen LogP contribution in [0.25, 0.3) is 0 Å². The van der Waals surface area contributed by atoms with Gasteiger partial charge >= 0.3 is 0 Å². The van der Waals surface area contributed by atoms with Gasteiger partial charge in [0.25, 0.3) is 5.69 Å². The zero-order chi connectivity index (χ0) is 13.6. The largest absolute Gasteiger partial charge is 0.468 e. The summed E-state index contributed by atoms with van der Waals surface area (Å²) in [7, 11) is -1.06. The van der Waals surface area contributed by atoms with Crippen LogP contribution >= 0.6 is 0 Å². The highest BCUT2D eigenvalue weighted by molar-refractivity contribution is 6.76. The van der Waals surface area contributed by atoms with Crippen molar-refractivity contribution in [3.05, 3.63) is 34.4 Å². The minimum absolute atomic E-state index is 0.0574. The average Bonchev–Trinajstić information content (AvgIpc) is 2.27. The Morgan fingerprint density at radius 2 is 1.83 bits per heavy atom. The van der Waals surface area contributed by atoms with Crippen LogP contribution in [0, 0.1) is 10.1 Å². The number of nitro groups is 1. The minimum Gasteiger partial charge on any atom is -0.468 e. The second-order valence-electron chi connectivity index (χ2n) is 5.23. The summed E-state index contributed by atoms with van der Waals surface area (Å²) < 4.78 is 10.7. The lowest BCUT2D eigenvalue weighted by molar-refractivity contribution is -0.384. The highest BCUT2D eigenvalue weighted by Gasteiger charge is 2.12. The van der Waals surface area contributed by atoms with Crippen molar-refractivity contribution in [3.63, 3.8) is 0 Å². The van der Waals surface area contributed by atoms with Gasteiger partial charge in [-0.3, -0.25) is 10.1 Å². The monoisotopic (exact) mass is 269 g/mol. The number of hydrogen-bond acceptors (Lipinski definition) is 4. The van der Waals surface area contributed by atoms with Crippen LogP contribution in [0.4, 0.5) is 5.69 Å². The summed E-state index contributed by atoms with van der Waals surface area (Å²) in [5.41, 5.74) is 0.0574. The Morgan fingerprint density at radius 3 is 2.33 bits per heavy atom. The molecule has 0 bridgehead atoms. The summed E-state index contributed by atoms with van der Waals surface area (Å²) in [4.78, 5) is 10.0. The van der Waals surface area contributed by atoms with Crippen molar-refractivity contribution in [2.75, 3.05) is 13.4 Å². The van der Waals surface area contributed by atoms with Gasteiger partial charge < -0.3 is 9.47 Å². The third-order valence-electron chi connectivity index (χ3n) is 2.35. The zero-order valence-corrected chi connectivity index (χ0v) is 12.0. The molecule has 0 saturated heterocycles. The molecule has 0 spiro atoms. The maximum absolute atomic E-state index is 10.4. The standard InChI is InChI=1S/C12H19NO4Si/c1-18(2,3)9-8-16-10-17-12-6-4-11(5-7-12)13(14)15/h4-7H,8-10H2,1-3H3. The number of hydrogen-bond donors (Lipinski definition) is 0. The highest BCUT2D eigenvalue weighted by Crippen LogP contribution is 2.17. The van der Waals surface area contributed by atoms with Crippen LogP contribution in [-0.4, -0.2) is 26.4 Å². The van der Waals surface area contributed by atoms with Crippen LogP contribution in [-0.2, 0) is 4.74 Å². The van der Waals surface area contributed by atoms with Crippen LogP contribution < -0.4 is 4.74 Å². The van der Waals surface area contributed by atoms with E-state index < -0.39 is 13.0 Å². The third kappa shape index (κ3) is 5.79. The van der Waals surface area contributed by atoms with Crippen molar-refractivity contribution in [2.24, 2.45) is 0 Å². The molecule has 100 valence electrons. The van der Waals surface area contributed by atoms with Gasteiger partial charge in [0.05, 0.1) is 4.92 Å². The molecule has 0 aromatic heterocycles.